The molecule has 1 aromatic carbocycles. The smallest absolute Gasteiger partial charge is 0.251 e. The number of hydrogen-bond acceptors (Lipinski definition) is 2. The Morgan fingerprint density at radius 1 is 1.20 bits per heavy atom. The number of aliphatic imine (C=N–C) groups is 1. The quantitative estimate of drug-likeness (QED) is 0.639. The van der Waals surface area contributed by atoms with E-state index in [9.17, 15) is 4.79 Å². The molecular formula is C20H30N4O. The van der Waals surface area contributed by atoms with Crippen LogP contribution in [0.4, 0.5) is 0 Å². The molecule has 1 aliphatic carbocycles. The molecule has 3 rings (SSSR count). The minimum absolute atomic E-state index is 0.0216. The summed E-state index contributed by atoms with van der Waals surface area (Å²) in [5.74, 6) is 0.987. The molecule has 2 fully saturated rings. The van der Waals surface area contributed by atoms with Gasteiger partial charge in [-0.3, -0.25) is 4.79 Å². The number of benzene rings is 1. The van der Waals surface area contributed by atoms with Gasteiger partial charge in [-0.2, -0.15) is 0 Å². The van der Waals surface area contributed by atoms with Gasteiger partial charge in [-0.1, -0.05) is 18.6 Å². The summed E-state index contributed by atoms with van der Waals surface area (Å²) in [5.41, 5.74) is 2.33. The Morgan fingerprint density at radius 3 is 2.64 bits per heavy atom. The Morgan fingerprint density at radius 2 is 2.00 bits per heavy atom. The lowest BCUT2D eigenvalue weighted by Gasteiger charge is -2.38. The van der Waals surface area contributed by atoms with E-state index in [0.29, 0.717) is 24.1 Å². The molecular weight excluding hydrogens is 312 g/mol. The number of rotatable bonds is 5. The SMILES string of the molecule is CCNC(=O)c1cccc(CN=C(NCC)N2CCC3(CCC3)C2)c1. The van der Waals surface area contributed by atoms with Crippen molar-refractivity contribution in [2.75, 3.05) is 26.2 Å². The summed E-state index contributed by atoms with van der Waals surface area (Å²) in [6.45, 7) is 8.39. The largest absolute Gasteiger partial charge is 0.357 e. The van der Waals surface area contributed by atoms with Crippen molar-refractivity contribution < 1.29 is 4.79 Å². The van der Waals surface area contributed by atoms with Crippen LogP contribution in [0, 0.1) is 5.41 Å². The van der Waals surface area contributed by atoms with Crippen LogP contribution in [0.5, 0.6) is 0 Å². The van der Waals surface area contributed by atoms with Gasteiger partial charge in [-0.25, -0.2) is 4.99 Å². The van der Waals surface area contributed by atoms with E-state index in [-0.39, 0.29) is 5.91 Å². The molecule has 25 heavy (non-hydrogen) atoms. The van der Waals surface area contributed by atoms with Crippen molar-refractivity contribution >= 4 is 11.9 Å². The van der Waals surface area contributed by atoms with Crippen LogP contribution in [0.25, 0.3) is 0 Å². The zero-order chi connectivity index (χ0) is 17.7. The molecule has 1 heterocycles. The molecule has 2 N–H and O–H groups in total. The molecule has 0 radical (unpaired) electrons. The van der Waals surface area contributed by atoms with Crippen LogP contribution in [0.2, 0.25) is 0 Å². The Kier molecular flexibility index (Phi) is 5.61. The summed E-state index contributed by atoms with van der Waals surface area (Å²) in [6, 6.07) is 7.76. The molecule has 0 bridgehead atoms. The van der Waals surface area contributed by atoms with Gasteiger partial charge in [0.1, 0.15) is 0 Å². The van der Waals surface area contributed by atoms with E-state index >= 15 is 0 Å². The van der Waals surface area contributed by atoms with Crippen LogP contribution in [0.15, 0.2) is 29.3 Å². The van der Waals surface area contributed by atoms with Crippen LogP contribution in [0.1, 0.15) is 55.5 Å². The highest BCUT2D eigenvalue weighted by Gasteiger charge is 2.43. The Labute approximate surface area is 150 Å². The molecule has 1 spiro atoms. The van der Waals surface area contributed by atoms with Gasteiger partial charge in [0.25, 0.3) is 5.91 Å². The number of carbonyl (C=O) groups excluding carboxylic acids is 1. The van der Waals surface area contributed by atoms with Crippen molar-refractivity contribution in [2.45, 2.75) is 46.1 Å². The number of nitrogens with one attached hydrogen (secondary N) is 2. The topological polar surface area (TPSA) is 56.7 Å². The first-order valence-corrected chi connectivity index (χ1v) is 9.56. The van der Waals surface area contributed by atoms with Gasteiger partial charge < -0.3 is 15.5 Å². The fraction of sp³-hybridized carbons (Fsp3) is 0.600. The first-order chi connectivity index (χ1) is 12.2. The first kappa shape index (κ1) is 17.8. The van der Waals surface area contributed by atoms with Gasteiger partial charge in [0, 0.05) is 31.7 Å². The van der Waals surface area contributed by atoms with Gasteiger partial charge in [-0.15, -0.1) is 0 Å². The number of amides is 1. The molecule has 2 aliphatic rings. The lowest BCUT2D eigenvalue weighted by Crippen LogP contribution is -2.42. The molecule has 1 saturated heterocycles. The monoisotopic (exact) mass is 342 g/mol. The summed E-state index contributed by atoms with van der Waals surface area (Å²) >= 11 is 0. The highest BCUT2D eigenvalue weighted by atomic mass is 16.1. The minimum Gasteiger partial charge on any atom is -0.357 e. The van der Waals surface area contributed by atoms with Crippen molar-refractivity contribution in [1.82, 2.24) is 15.5 Å². The molecule has 1 aromatic rings. The molecule has 5 heteroatoms. The second-order valence-electron chi connectivity index (χ2n) is 7.26. The zero-order valence-corrected chi connectivity index (χ0v) is 15.5. The van der Waals surface area contributed by atoms with Gasteiger partial charge in [-0.05, 0) is 56.2 Å². The number of nitrogens with zero attached hydrogens (tertiary/aromatic N) is 2. The summed E-state index contributed by atoms with van der Waals surface area (Å²) in [4.78, 5) is 19.2. The van der Waals surface area contributed by atoms with E-state index in [1.165, 1.54) is 25.7 Å². The summed E-state index contributed by atoms with van der Waals surface area (Å²) in [5, 5.41) is 6.28. The third kappa shape index (κ3) is 4.14. The number of likely N-dealkylation sites (tertiary alicyclic amines) is 1. The Hall–Kier alpha value is -2.04. The van der Waals surface area contributed by atoms with E-state index in [2.05, 4.69) is 22.5 Å². The summed E-state index contributed by atoms with van der Waals surface area (Å²) < 4.78 is 0. The predicted octanol–water partition coefficient (Wildman–Crippen LogP) is 2.78. The molecule has 1 amide bonds. The lowest BCUT2D eigenvalue weighted by molar-refractivity contribution is 0.0955. The number of carbonyl (C=O) groups is 1. The minimum atomic E-state index is -0.0216. The van der Waals surface area contributed by atoms with Gasteiger partial charge in [0.15, 0.2) is 5.96 Å². The third-order valence-corrected chi connectivity index (χ3v) is 5.42. The van der Waals surface area contributed by atoms with E-state index in [1.54, 1.807) is 0 Å². The molecule has 136 valence electrons. The molecule has 1 aliphatic heterocycles. The van der Waals surface area contributed by atoms with Crippen molar-refractivity contribution in [3.63, 3.8) is 0 Å². The fourth-order valence-electron chi connectivity index (χ4n) is 3.87. The fourth-order valence-corrected chi connectivity index (χ4v) is 3.87. The van der Waals surface area contributed by atoms with Crippen molar-refractivity contribution in [1.29, 1.82) is 0 Å². The zero-order valence-electron chi connectivity index (χ0n) is 15.5. The highest BCUT2D eigenvalue weighted by Crippen LogP contribution is 2.47. The predicted molar refractivity (Wildman–Crippen MR) is 102 cm³/mol. The second kappa shape index (κ2) is 7.89. The molecule has 1 saturated carbocycles. The first-order valence-electron chi connectivity index (χ1n) is 9.56. The normalized spacial score (nSPS) is 19.0. The van der Waals surface area contributed by atoms with Crippen LogP contribution >= 0.6 is 0 Å². The molecule has 0 aromatic heterocycles. The van der Waals surface area contributed by atoms with Gasteiger partial charge >= 0.3 is 0 Å². The van der Waals surface area contributed by atoms with Crippen LogP contribution in [-0.2, 0) is 6.54 Å². The maximum absolute atomic E-state index is 12.0. The van der Waals surface area contributed by atoms with Crippen LogP contribution in [0.3, 0.4) is 0 Å². The summed E-state index contributed by atoms with van der Waals surface area (Å²) in [6.07, 6.45) is 5.42. The van der Waals surface area contributed by atoms with Crippen LogP contribution < -0.4 is 10.6 Å². The van der Waals surface area contributed by atoms with Crippen LogP contribution in [-0.4, -0.2) is 42.9 Å². The number of guanidine groups is 1. The molecule has 0 atom stereocenters. The maximum Gasteiger partial charge on any atom is 0.251 e. The second-order valence-corrected chi connectivity index (χ2v) is 7.26. The Balaban J connectivity index is 1.67. The van der Waals surface area contributed by atoms with Crippen molar-refractivity contribution in [2.24, 2.45) is 10.4 Å². The number of hydrogen-bond donors (Lipinski definition) is 2. The highest BCUT2D eigenvalue weighted by molar-refractivity contribution is 5.94. The van der Waals surface area contributed by atoms with E-state index < -0.39 is 0 Å². The Bertz CT molecular complexity index is 636. The van der Waals surface area contributed by atoms with E-state index in [4.69, 9.17) is 4.99 Å². The third-order valence-electron chi connectivity index (χ3n) is 5.42. The summed E-state index contributed by atoms with van der Waals surface area (Å²) in [7, 11) is 0. The van der Waals surface area contributed by atoms with E-state index in [1.807, 2.05) is 31.2 Å². The maximum atomic E-state index is 12.0. The molecule has 5 nitrogen and oxygen atoms in total. The van der Waals surface area contributed by atoms with Gasteiger partial charge in [0.05, 0.1) is 6.54 Å². The van der Waals surface area contributed by atoms with E-state index in [0.717, 1.165) is 31.2 Å². The standard InChI is InChI=1S/C20H30N4O/c1-3-21-18(25)17-8-5-7-16(13-17)14-23-19(22-4-2)24-12-11-20(15-24)9-6-10-20/h5,7-8,13H,3-4,6,9-12,14-15H2,1-2H3,(H,21,25)(H,22,23). The average Bonchev–Trinajstić information content (AvgIpc) is 3.05. The van der Waals surface area contributed by atoms with Crippen molar-refractivity contribution in [3.05, 3.63) is 35.4 Å². The van der Waals surface area contributed by atoms with Gasteiger partial charge in [0.2, 0.25) is 0 Å². The average molecular weight is 342 g/mol. The molecule has 0 unspecified atom stereocenters. The lowest BCUT2D eigenvalue weighted by atomic mass is 9.68. The van der Waals surface area contributed by atoms with Crippen molar-refractivity contribution in [3.8, 4) is 0 Å².